The molecular weight excluding hydrogens is 294 g/mol. The van der Waals surface area contributed by atoms with Gasteiger partial charge in [-0.3, -0.25) is 0 Å². The van der Waals surface area contributed by atoms with E-state index in [4.69, 9.17) is 4.42 Å². The number of thiophene rings is 1. The third-order valence-electron chi connectivity index (χ3n) is 2.86. The molecule has 0 saturated heterocycles. The third kappa shape index (κ3) is 1.69. The normalized spacial score (nSPS) is 11.5. The molecular formula is C12H9N5OS2. The average Bonchev–Trinajstić information content (AvgIpc) is 3.12. The zero-order valence-corrected chi connectivity index (χ0v) is 12.3. The smallest absolute Gasteiger partial charge is 0.258 e. The molecule has 0 fully saturated rings. The van der Waals surface area contributed by atoms with Crippen molar-refractivity contribution in [1.82, 2.24) is 24.8 Å². The monoisotopic (exact) mass is 303 g/mol. The van der Waals surface area contributed by atoms with Crippen molar-refractivity contribution in [2.45, 2.75) is 13.8 Å². The highest BCUT2D eigenvalue weighted by Crippen LogP contribution is 2.31. The van der Waals surface area contributed by atoms with Crippen LogP contribution in [0.1, 0.15) is 11.3 Å². The summed E-state index contributed by atoms with van der Waals surface area (Å²) in [5, 5.41) is 15.7. The molecule has 4 aromatic rings. The molecule has 4 aromatic heterocycles. The molecule has 0 atom stereocenters. The van der Waals surface area contributed by atoms with Gasteiger partial charge in [-0.15, -0.1) is 26.6 Å². The average molecular weight is 303 g/mol. The number of fused-ring (bicyclic) bond motifs is 1. The van der Waals surface area contributed by atoms with Gasteiger partial charge in [0.15, 0.2) is 5.82 Å². The molecule has 4 rings (SSSR count). The quantitative estimate of drug-likeness (QED) is 0.569. The number of rotatable bonds is 2. The summed E-state index contributed by atoms with van der Waals surface area (Å²) < 4.78 is 7.13. The van der Waals surface area contributed by atoms with Gasteiger partial charge >= 0.3 is 0 Å². The van der Waals surface area contributed by atoms with E-state index in [9.17, 15) is 0 Å². The summed E-state index contributed by atoms with van der Waals surface area (Å²) in [6.45, 7) is 3.94. The zero-order chi connectivity index (χ0) is 13.7. The van der Waals surface area contributed by atoms with E-state index in [-0.39, 0.29) is 0 Å². The second kappa shape index (κ2) is 4.22. The van der Waals surface area contributed by atoms with E-state index in [1.807, 2.05) is 12.3 Å². The molecule has 6 nitrogen and oxygen atoms in total. The summed E-state index contributed by atoms with van der Waals surface area (Å²) in [7, 11) is 0. The van der Waals surface area contributed by atoms with E-state index in [0.717, 1.165) is 21.4 Å². The highest BCUT2D eigenvalue weighted by Gasteiger charge is 2.18. The first kappa shape index (κ1) is 11.7. The molecule has 0 aromatic carbocycles. The molecule has 20 heavy (non-hydrogen) atoms. The summed E-state index contributed by atoms with van der Waals surface area (Å²) in [6, 6.07) is 2.06. The van der Waals surface area contributed by atoms with Gasteiger partial charge in [-0.05, 0) is 30.9 Å². The minimum Gasteiger partial charge on any atom is -0.442 e. The van der Waals surface area contributed by atoms with Crippen LogP contribution in [0.5, 0.6) is 0 Å². The number of aromatic nitrogens is 5. The Bertz CT molecular complexity index is 900. The standard InChI is InChI=1S/C12H9N5OS2/c1-6-3-4-19-8(6)9-14-15-12-17(9)16-11(20-12)10-13-7(2)5-18-10/h3-5H,1-2H3. The number of hydrogen-bond donors (Lipinski definition) is 0. The van der Waals surface area contributed by atoms with Crippen LogP contribution >= 0.6 is 22.7 Å². The van der Waals surface area contributed by atoms with E-state index >= 15 is 0 Å². The van der Waals surface area contributed by atoms with E-state index in [1.165, 1.54) is 16.9 Å². The molecule has 0 saturated carbocycles. The fourth-order valence-electron chi connectivity index (χ4n) is 1.90. The van der Waals surface area contributed by atoms with E-state index in [0.29, 0.717) is 10.9 Å². The Balaban J connectivity index is 1.89. The summed E-state index contributed by atoms with van der Waals surface area (Å²) in [4.78, 5) is 6.10. The molecule has 100 valence electrons. The van der Waals surface area contributed by atoms with Gasteiger partial charge in [0.2, 0.25) is 9.97 Å². The predicted molar refractivity (Wildman–Crippen MR) is 76.9 cm³/mol. The molecule has 0 bridgehead atoms. The van der Waals surface area contributed by atoms with Gasteiger partial charge in [0.05, 0.1) is 10.6 Å². The minimum atomic E-state index is 0.520. The van der Waals surface area contributed by atoms with Crippen molar-refractivity contribution in [3.05, 3.63) is 29.0 Å². The highest BCUT2D eigenvalue weighted by molar-refractivity contribution is 7.19. The van der Waals surface area contributed by atoms with Crippen LogP contribution in [-0.4, -0.2) is 24.8 Å². The highest BCUT2D eigenvalue weighted by atomic mass is 32.1. The van der Waals surface area contributed by atoms with Gasteiger partial charge < -0.3 is 4.42 Å². The van der Waals surface area contributed by atoms with Gasteiger partial charge in [-0.25, -0.2) is 4.98 Å². The molecule has 0 aliphatic carbocycles. The van der Waals surface area contributed by atoms with Gasteiger partial charge in [0.1, 0.15) is 6.26 Å². The summed E-state index contributed by atoms with van der Waals surface area (Å²) in [5.41, 5.74) is 2.01. The Hall–Kier alpha value is -2.06. The number of hydrogen-bond acceptors (Lipinski definition) is 7. The van der Waals surface area contributed by atoms with Gasteiger partial charge in [0.25, 0.3) is 5.89 Å². The molecule has 4 heterocycles. The second-order valence-corrected chi connectivity index (χ2v) is 6.22. The largest absolute Gasteiger partial charge is 0.442 e. The van der Waals surface area contributed by atoms with Crippen molar-refractivity contribution >= 4 is 27.6 Å². The second-order valence-electron chi connectivity index (χ2n) is 4.35. The number of aryl methyl sites for hydroxylation is 2. The lowest BCUT2D eigenvalue weighted by atomic mass is 10.3. The Kier molecular flexibility index (Phi) is 2.48. The lowest BCUT2D eigenvalue weighted by Crippen LogP contribution is -1.90. The summed E-state index contributed by atoms with van der Waals surface area (Å²) >= 11 is 3.05. The molecule has 8 heteroatoms. The maximum Gasteiger partial charge on any atom is 0.258 e. The van der Waals surface area contributed by atoms with Crippen LogP contribution < -0.4 is 0 Å². The fraction of sp³-hybridized carbons (Fsp3) is 0.167. The first-order valence-electron chi connectivity index (χ1n) is 5.91. The number of oxazole rings is 1. The lowest BCUT2D eigenvalue weighted by molar-refractivity contribution is 0.571. The first-order valence-corrected chi connectivity index (χ1v) is 7.61. The topological polar surface area (TPSA) is 69.1 Å². The Morgan fingerprint density at radius 2 is 2.15 bits per heavy atom. The van der Waals surface area contributed by atoms with Gasteiger partial charge in [-0.1, -0.05) is 11.3 Å². The predicted octanol–water partition coefficient (Wildman–Crippen LogP) is 3.19. The third-order valence-corrected chi connectivity index (χ3v) is 4.76. The molecule has 0 spiro atoms. The van der Waals surface area contributed by atoms with Crippen LogP contribution in [0.2, 0.25) is 0 Å². The van der Waals surface area contributed by atoms with Gasteiger partial charge in [-0.2, -0.15) is 4.52 Å². The van der Waals surface area contributed by atoms with E-state index in [2.05, 4.69) is 33.3 Å². The molecule has 0 unspecified atom stereocenters. The van der Waals surface area contributed by atoms with Crippen molar-refractivity contribution in [1.29, 1.82) is 0 Å². The van der Waals surface area contributed by atoms with Crippen LogP contribution in [0.15, 0.2) is 22.1 Å². The summed E-state index contributed by atoms with van der Waals surface area (Å²) in [5.74, 6) is 1.28. The van der Waals surface area contributed by atoms with Crippen LogP contribution in [0.25, 0.3) is 26.6 Å². The van der Waals surface area contributed by atoms with E-state index in [1.54, 1.807) is 22.1 Å². The van der Waals surface area contributed by atoms with Crippen molar-refractivity contribution in [3.8, 4) is 21.6 Å². The van der Waals surface area contributed by atoms with Crippen LogP contribution in [0, 0.1) is 13.8 Å². The molecule has 0 radical (unpaired) electrons. The number of nitrogens with zero attached hydrogens (tertiary/aromatic N) is 5. The summed E-state index contributed by atoms with van der Waals surface area (Å²) in [6.07, 6.45) is 1.61. The van der Waals surface area contributed by atoms with Crippen molar-refractivity contribution in [3.63, 3.8) is 0 Å². The minimum absolute atomic E-state index is 0.520. The van der Waals surface area contributed by atoms with Crippen molar-refractivity contribution in [2.75, 3.05) is 0 Å². The SMILES string of the molecule is Cc1coc(-c2nn3c(-c4sccc4C)nnc3s2)n1. The lowest BCUT2D eigenvalue weighted by Gasteiger charge is -1.93. The fourth-order valence-corrected chi connectivity index (χ4v) is 3.57. The Morgan fingerprint density at radius 3 is 2.85 bits per heavy atom. The van der Waals surface area contributed by atoms with Gasteiger partial charge in [0, 0.05) is 0 Å². The maximum absolute atomic E-state index is 5.38. The molecule has 0 aliphatic heterocycles. The maximum atomic E-state index is 5.38. The van der Waals surface area contributed by atoms with Crippen molar-refractivity contribution < 1.29 is 4.42 Å². The van der Waals surface area contributed by atoms with E-state index < -0.39 is 0 Å². The molecule has 0 amide bonds. The van der Waals surface area contributed by atoms with Crippen LogP contribution in [0.3, 0.4) is 0 Å². The van der Waals surface area contributed by atoms with Crippen LogP contribution in [0.4, 0.5) is 0 Å². The molecule has 0 N–H and O–H groups in total. The Morgan fingerprint density at radius 1 is 1.25 bits per heavy atom. The van der Waals surface area contributed by atoms with Crippen LogP contribution in [-0.2, 0) is 0 Å². The zero-order valence-electron chi connectivity index (χ0n) is 10.7. The van der Waals surface area contributed by atoms with Crippen molar-refractivity contribution in [2.24, 2.45) is 0 Å². The first-order chi connectivity index (χ1) is 9.72. The molecule has 0 aliphatic rings. The Labute approximate surface area is 121 Å².